The number of aryl methyl sites for hydroxylation is 1. The van der Waals surface area contributed by atoms with E-state index in [1.165, 1.54) is 24.1 Å². The van der Waals surface area contributed by atoms with Crippen LogP contribution in [0.15, 0.2) is 0 Å². The molecule has 1 aromatic heterocycles. The van der Waals surface area contributed by atoms with E-state index in [-0.39, 0.29) is 11.9 Å². The Bertz CT molecular complexity index is 459. The van der Waals surface area contributed by atoms with E-state index >= 15 is 0 Å². The molecule has 1 aliphatic carbocycles. The molecular weight excluding hydrogens is 272 g/mol. The highest BCUT2D eigenvalue weighted by molar-refractivity contribution is 7.15. The van der Waals surface area contributed by atoms with Crippen molar-refractivity contribution in [2.45, 2.75) is 51.9 Å². The first-order chi connectivity index (χ1) is 9.67. The van der Waals surface area contributed by atoms with Crippen LogP contribution in [0.3, 0.4) is 0 Å². The Balaban J connectivity index is 2.02. The van der Waals surface area contributed by atoms with Crippen LogP contribution in [-0.4, -0.2) is 31.2 Å². The molecule has 1 unspecified atom stereocenters. The number of hydrogen-bond donors (Lipinski definition) is 0. The third kappa shape index (κ3) is 3.32. The summed E-state index contributed by atoms with van der Waals surface area (Å²) in [5, 5.41) is 1.04. The van der Waals surface area contributed by atoms with E-state index in [4.69, 9.17) is 9.72 Å². The molecule has 112 valence electrons. The molecule has 0 radical (unpaired) electrons. The van der Waals surface area contributed by atoms with Crippen LogP contribution in [0.25, 0.3) is 0 Å². The van der Waals surface area contributed by atoms with Crippen LogP contribution < -0.4 is 4.90 Å². The van der Waals surface area contributed by atoms with Gasteiger partial charge in [-0.05, 0) is 26.2 Å². The lowest BCUT2D eigenvalue weighted by Crippen LogP contribution is -2.19. The number of thiazole rings is 1. The van der Waals surface area contributed by atoms with Gasteiger partial charge in [-0.25, -0.2) is 4.98 Å². The van der Waals surface area contributed by atoms with E-state index in [0.29, 0.717) is 6.61 Å². The molecule has 4 nitrogen and oxygen atoms in total. The van der Waals surface area contributed by atoms with E-state index < -0.39 is 0 Å². The molecule has 0 spiro atoms. The first-order valence-electron chi connectivity index (χ1n) is 7.54. The normalized spacial score (nSPS) is 17.1. The molecule has 0 aliphatic heterocycles. The maximum atomic E-state index is 11.9. The fourth-order valence-electron chi connectivity index (χ4n) is 2.54. The molecule has 0 aromatic carbocycles. The number of nitrogens with zero attached hydrogens (tertiary/aromatic N) is 2. The summed E-state index contributed by atoms with van der Waals surface area (Å²) in [5.41, 5.74) is 0.964. The van der Waals surface area contributed by atoms with Crippen molar-refractivity contribution in [3.8, 4) is 0 Å². The molecule has 0 saturated heterocycles. The van der Waals surface area contributed by atoms with Gasteiger partial charge in [0.1, 0.15) is 5.92 Å². The third-order valence-corrected chi connectivity index (χ3v) is 4.95. The van der Waals surface area contributed by atoms with Crippen LogP contribution in [0, 0.1) is 0 Å². The Hall–Kier alpha value is -1.10. The smallest absolute Gasteiger partial charge is 0.315 e. The number of fused-ring (bicyclic) bond motifs is 1. The molecule has 2 rings (SSSR count). The molecule has 0 fully saturated rings. The van der Waals surface area contributed by atoms with Gasteiger partial charge in [0.05, 0.1) is 12.3 Å². The molecule has 0 saturated carbocycles. The Labute approximate surface area is 125 Å². The lowest BCUT2D eigenvalue weighted by Gasteiger charge is -2.15. The molecule has 1 heterocycles. The fraction of sp³-hybridized carbons (Fsp3) is 0.733. The van der Waals surface area contributed by atoms with Gasteiger partial charge in [-0.1, -0.05) is 19.8 Å². The summed E-state index contributed by atoms with van der Waals surface area (Å²) in [6, 6.07) is 0. The number of ether oxygens (including phenoxy) is 1. The number of unbranched alkanes of at least 4 members (excludes halogenated alkanes) is 2. The summed E-state index contributed by atoms with van der Waals surface area (Å²) in [5.74, 6) is -0.254. The van der Waals surface area contributed by atoms with Crippen molar-refractivity contribution < 1.29 is 9.53 Å². The van der Waals surface area contributed by atoms with Crippen LogP contribution in [0.2, 0.25) is 0 Å². The lowest BCUT2D eigenvalue weighted by molar-refractivity contribution is -0.145. The van der Waals surface area contributed by atoms with E-state index in [0.717, 1.165) is 30.2 Å². The molecule has 0 N–H and O–H groups in total. The SMILES string of the molecule is CCCCCN(C)c1nc2c(s1)CCC2C(=O)OCC. The monoisotopic (exact) mass is 296 g/mol. The van der Waals surface area contributed by atoms with Crippen molar-refractivity contribution in [2.75, 3.05) is 25.1 Å². The average Bonchev–Trinajstić information content (AvgIpc) is 2.98. The molecule has 1 aromatic rings. The Morgan fingerprint density at radius 1 is 1.45 bits per heavy atom. The number of esters is 1. The Kier molecular flexibility index (Phi) is 5.40. The maximum Gasteiger partial charge on any atom is 0.315 e. The first kappa shape index (κ1) is 15.3. The van der Waals surface area contributed by atoms with Crippen molar-refractivity contribution in [3.05, 3.63) is 10.6 Å². The van der Waals surface area contributed by atoms with E-state index in [2.05, 4.69) is 18.9 Å². The second kappa shape index (κ2) is 7.07. The van der Waals surface area contributed by atoms with Crippen LogP contribution in [0.1, 0.15) is 56.0 Å². The molecule has 1 aliphatic rings. The van der Waals surface area contributed by atoms with Gasteiger partial charge in [0, 0.05) is 18.5 Å². The van der Waals surface area contributed by atoms with Gasteiger partial charge in [-0.3, -0.25) is 4.79 Å². The number of hydrogen-bond acceptors (Lipinski definition) is 5. The van der Waals surface area contributed by atoms with Crippen molar-refractivity contribution >= 4 is 22.4 Å². The van der Waals surface area contributed by atoms with Gasteiger partial charge in [0.25, 0.3) is 0 Å². The number of aromatic nitrogens is 1. The minimum absolute atomic E-state index is 0.114. The van der Waals surface area contributed by atoms with Crippen molar-refractivity contribution in [2.24, 2.45) is 0 Å². The summed E-state index contributed by atoms with van der Waals surface area (Å²) in [6.07, 6.45) is 5.48. The zero-order valence-corrected chi connectivity index (χ0v) is 13.5. The molecule has 20 heavy (non-hydrogen) atoms. The largest absolute Gasteiger partial charge is 0.465 e. The fourth-order valence-corrected chi connectivity index (χ4v) is 3.67. The molecule has 1 atom stereocenters. The van der Waals surface area contributed by atoms with E-state index in [9.17, 15) is 4.79 Å². The number of carbonyl (C=O) groups excluding carboxylic acids is 1. The second-order valence-electron chi connectivity index (χ2n) is 5.28. The van der Waals surface area contributed by atoms with Crippen LogP contribution >= 0.6 is 11.3 Å². The van der Waals surface area contributed by atoms with Gasteiger partial charge in [0.15, 0.2) is 5.13 Å². The molecule has 0 amide bonds. The lowest BCUT2D eigenvalue weighted by atomic mass is 10.1. The molecule has 5 heteroatoms. The predicted octanol–water partition coefficient (Wildman–Crippen LogP) is 3.36. The summed E-state index contributed by atoms with van der Waals surface area (Å²) in [6.45, 7) is 5.53. The zero-order valence-electron chi connectivity index (χ0n) is 12.6. The van der Waals surface area contributed by atoms with Gasteiger partial charge in [-0.15, -0.1) is 11.3 Å². The maximum absolute atomic E-state index is 11.9. The highest BCUT2D eigenvalue weighted by atomic mass is 32.1. The Morgan fingerprint density at radius 3 is 2.95 bits per heavy atom. The van der Waals surface area contributed by atoms with E-state index in [1.807, 2.05) is 6.92 Å². The highest BCUT2D eigenvalue weighted by Gasteiger charge is 2.33. The highest BCUT2D eigenvalue weighted by Crippen LogP contribution is 2.39. The quantitative estimate of drug-likeness (QED) is 0.571. The first-order valence-corrected chi connectivity index (χ1v) is 8.36. The number of rotatable bonds is 7. The van der Waals surface area contributed by atoms with Crippen LogP contribution in [-0.2, 0) is 16.0 Å². The summed E-state index contributed by atoms with van der Waals surface area (Å²) < 4.78 is 5.14. The minimum Gasteiger partial charge on any atom is -0.465 e. The second-order valence-corrected chi connectivity index (χ2v) is 6.34. The van der Waals surface area contributed by atoms with Gasteiger partial charge in [-0.2, -0.15) is 0 Å². The zero-order chi connectivity index (χ0) is 14.5. The van der Waals surface area contributed by atoms with Gasteiger partial charge in [0.2, 0.25) is 0 Å². The van der Waals surface area contributed by atoms with Gasteiger partial charge >= 0.3 is 5.97 Å². The summed E-state index contributed by atoms with van der Waals surface area (Å²) >= 11 is 1.73. The number of anilines is 1. The van der Waals surface area contributed by atoms with Crippen LogP contribution in [0.4, 0.5) is 5.13 Å². The van der Waals surface area contributed by atoms with E-state index in [1.54, 1.807) is 11.3 Å². The van der Waals surface area contributed by atoms with Gasteiger partial charge < -0.3 is 9.64 Å². The summed E-state index contributed by atoms with van der Waals surface area (Å²) in [4.78, 5) is 20.1. The number of carbonyl (C=O) groups is 1. The topological polar surface area (TPSA) is 42.4 Å². The standard InChI is InChI=1S/C15H24N2O2S/c1-4-6-7-10-17(3)15-16-13-11(14(18)19-5-2)8-9-12(13)20-15/h11H,4-10H2,1-3H3. The Morgan fingerprint density at radius 2 is 2.25 bits per heavy atom. The van der Waals surface area contributed by atoms with Crippen molar-refractivity contribution in [3.63, 3.8) is 0 Å². The predicted molar refractivity (Wildman–Crippen MR) is 82.6 cm³/mol. The van der Waals surface area contributed by atoms with Crippen molar-refractivity contribution in [1.82, 2.24) is 4.98 Å². The average molecular weight is 296 g/mol. The van der Waals surface area contributed by atoms with Crippen LogP contribution in [0.5, 0.6) is 0 Å². The molecule has 0 bridgehead atoms. The molecular formula is C15H24N2O2S. The third-order valence-electron chi connectivity index (χ3n) is 3.70. The van der Waals surface area contributed by atoms with Crippen molar-refractivity contribution in [1.29, 1.82) is 0 Å². The summed E-state index contributed by atoms with van der Waals surface area (Å²) in [7, 11) is 2.09. The minimum atomic E-state index is -0.140.